The van der Waals surface area contributed by atoms with Gasteiger partial charge in [0, 0.05) is 11.4 Å². The number of nitrogens with zero attached hydrogens (tertiary/aromatic N) is 1. The lowest BCUT2D eigenvalue weighted by molar-refractivity contribution is -0.121. The normalized spacial score (nSPS) is 18.9. The highest BCUT2D eigenvalue weighted by molar-refractivity contribution is 7.93. The molecule has 1 aromatic heterocycles. The molecule has 2 aromatic rings. The molecule has 2 N–H and O–H groups in total. The molecule has 146 valence electrons. The number of carbonyl (C=O) groups excluding carboxylic acids is 1. The Balaban J connectivity index is 1.59. The Labute approximate surface area is 162 Å². The molecule has 0 aliphatic carbocycles. The molecule has 11 heteroatoms. The van der Waals surface area contributed by atoms with Crippen molar-refractivity contribution in [2.75, 3.05) is 16.2 Å². The molecular weight excluding hydrogens is 410 g/mol. The summed E-state index contributed by atoms with van der Waals surface area (Å²) in [7, 11) is -6.81. The SMILES string of the molecule is Cc1ccc(S(=O)(=O)Nc2nc(CC(=O)N[C@H]3CCS(=O)(=O)C3)cs2)cc1. The van der Waals surface area contributed by atoms with Crippen LogP contribution in [0.5, 0.6) is 0 Å². The van der Waals surface area contributed by atoms with Gasteiger partial charge < -0.3 is 5.32 Å². The summed E-state index contributed by atoms with van der Waals surface area (Å²) >= 11 is 1.08. The molecule has 1 amide bonds. The van der Waals surface area contributed by atoms with E-state index in [2.05, 4.69) is 15.0 Å². The molecule has 2 heterocycles. The Bertz CT molecular complexity index is 1040. The van der Waals surface area contributed by atoms with Crippen molar-refractivity contribution >= 4 is 42.2 Å². The second kappa shape index (κ2) is 7.56. The lowest BCUT2D eigenvalue weighted by Crippen LogP contribution is -2.36. The fourth-order valence-electron chi connectivity index (χ4n) is 2.68. The minimum atomic E-state index is -3.75. The number of sulfonamides is 1. The molecule has 0 radical (unpaired) electrons. The van der Waals surface area contributed by atoms with Crippen LogP contribution in [0.15, 0.2) is 34.5 Å². The molecule has 1 aromatic carbocycles. The Morgan fingerprint density at radius 3 is 2.63 bits per heavy atom. The minimum absolute atomic E-state index is 0.0424. The zero-order valence-electron chi connectivity index (χ0n) is 14.5. The monoisotopic (exact) mass is 429 g/mol. The number of thiazole rings is 1. The Morgan fingerprint density at radius 1 is 1.30 bits per heavy atom. The third-order valence-corrected chi connectivity index (χ3v) is 8.10. The van der Waals surface area contributed by atoms with Gasteiger partial charge in [-0.05, 0) is 25.5 Å². The quantitative estimate of drug-likeness (QED) is 0.709. The summed E-state index contributed by atoms with van der Waals surface area (Å²) in [6.45, 7) is 1.86. The number of rotatable bonds is 6. The van der Waals surface area contributed by atoms with Gasteiger partial charge in [-0.25, -0.2) is 21.8 Å². The number of carbonyl (C=O) groups is 1. The van der Waals surface area contributed by atoms with E-state index in [1.54, 1.807) is 17.5 Å². The van der Waals surface area contributed by atoms with Crippen molar-refractivity contribution in [1.82, 2.24) is 10.3 Å². The Morgan fingerprint density at radius 2 is 2.00 bits per heavy atom. The molecule has 0 spiro atoms. The fraction of sp³-hybridized carbons (Fsp3) is 0.375. The van der Waals surface area contributed by atoms with Crippen LogP contribution < -0.4 is 10.0 Å². The summed E-state index contributed by atoms with van der Waals surface area (Å²) in [5.74, 6) is -0.299. The number of anilines is 1. The third kappa shape index (κ3) is 5.27. The van der Waals surface area contributed by atoms with Crippen molar-refractivity contribution < 1.29 is 21.6 Å². The van der Waals surface area contributed by atoms with Gasteiger partial charge in [-0.15, -0.1) is 11.3 Å². The highest BCUT2D eigenvalue weighted by Gasteiger charge is 2.29. The standard InChI is InChI=1S/C16H19N3O5S3/c1-11-2-4-14(5-3-11)27(23,24)19-16-18-13(9-25-16)8-15(20)17-12-6-7-26(21,22)10-12/h2-5,9,12H,6-8,10H2,1H3,(H,17,20)(H,18,19)/t12-/m0/s1. The first kappa shape index (κ1) is 19.8. The number of amides is 1. The van der Waals surface area contributed by atoms with Gasteiger partial charge in [0.05, 0.1) is 28.5 Å². The molecule has 1 saturated heterocycles. The van der Waals surface area contributed by atoms with E-state index in [0.717, 1.165) is 16.9 Å². The largest absolute Gasteiger partial charge is 0.352 e. The molecule has 1 aliphatic heterocycles. The molecule has 0 saturated carbocycles. The predicted octanol–water partition coefficient (Wildman–Crippen LogP) is 1.10. The molecule has 0 unspecified atom stereocenters. The minimum Gasteiger partial charge on any atom is -0.352 e. The number of aromatic nitrogens is 1. The van der Waals surface area contributed by atoms with Crippen LogP contribution in [0.25, 0.3) is 0 Å². The first-order valence-corrected chi connectivity index (χ1v) is 12.3. The summed E-state index contributed by atoms with van der Waals surface area (Å²) < 4.78 is 50.0. The second-order valence-electron chi connectivity index (χ2n) is 6.41. The maximum atomic E-state index is 12.4. The van der Waals surface area contributed by atoms with Crippen molar-refractivity contribution in [2.24, 2.45) is 0 Å². The van der Waals surface area contributed by atoms with Gasteiger partial charge in [0.25, 0.3) is 10.0 Å². The van der Waals surface area contributed by atoms with Crippen molar-refractivity contribution in [3.8, 4) is 0 Å². The molecule has 1 fully saturated rings. The number of nitrogens with one attached hydrogen (secondary N) is 2. The van der Waals surface area contributed by atoms with Gasteiger partial charge >= 0.3 is 0 Å². The topological polar surface area (TPSA) is 122 Å². The number of aryl methyl sites for hydroxylation is 1. The summed E-state index contributed by atoms with van der Waals surface area (Å²) in [4.78, 5) is 16.3. The highest BCUT2D eigenvalue weighted by Crippen LogP contribution is 2.21. The van der Waals surface area contributed by atoms with Gasteiger partial charge in [-0.3, -0.25) is 9.52 Å². The van der Waals surface area contributed by atoms with Gasteiger partial charge in [0.15, 0.2) is 15.0 Å². The summed E-state index contributed by atoms with van der Waals surface area (Å²) in [5.41, 5.74) is 1.37. The van der Waals surface area contributed by atoms with Gasteiger partial charge in [0.2, 0.25) is 5.91 Å². The van der Waals surface area contributed by atoms with Crippen LogP contribution in [-0.4, -0.2) is 45.3 Å². The van der Waals surface area contributed by atoms with E-state index in [1.165, 1.54) is 12.1 Å². The van der Waals surface area contributed by atoms with E-state index in [4.69, 9.17) is 0 Å². The number of sulfone groups is 1. The number of benzene rings is 1. The lowest BCUT2D eigenvalue weighted by atomic mass is 10.2. The van der Waals surface area contributed by atoms with Crippen LogP contribution >= 0.6 is 11.3 Å². The van der Waals surface area contributed by atoms with E-state index >= 15 is 0 Å². The van der Waals surface area contributed by atoms with Crippen molar-refractivity contribution in [2.45, 2.75) is 30.7 Å². The smallest absolute Gasteiger partial charge is 0.263 e. The zero-order chi connectivity index (χ0) is 19.7. The van der Waals surface area contributed by atoms with Crippen LogP contribution in [0.1, 0.15) is 17.7 Å². The average molecular weight is 430 g/mol. The van der Waals surface area contributed by atoms with E-state index in [0.29, 0.717) is 12.1 Å². The first-order chi connectivity index (χ1) is 12.6. The van der Waals surface area contributed by atoms with Gasteiger partial charge in [-0.1, -0.05) is 17.7 Å². The first-order valence-electron chi connectivity index (χ1n) is 8.17. The molecule has 27 heavy (non-hydrogen) atoms. The zero-order valence-corrected chi connectivity index (χ0v) is 17.0. The average Bonchev–Trinajstić information content (AvgIpc) is 3.13. The number of hydrogen-bond donors (Lipinski definition) is 2. The highest BCUT2D eigenvalue weighted by atomic mass is 32.2. The molecule has 1 aliphatic rings. The van der Waals surface area contributed by atoms with Gasteiger partial charge in [-0.2, -0.15) is 0 Å². The molecule has 1 atom stereocenters. The Kier molecular flexibility index (Phi) is 5.54. The van der Waals surface area contributed by atoms with Crippen molar-refractivity contribution in [3.63, 3.8) is 0 Å². The van der Waals surface area contributed by atoms with Crippen molar-refractivity contribution in [3.05, 3.63) is 40.9 Å². The summed E-state index contributed by atoms with van der Waals surface area (Å²) in [5, 5.41) is 4.44. The third-order valence-electron chi connectivity index (χ3n) is 4.04. The van der Waals surface area contributed by atoms with Crippen LogP contribution in [0.3, 0.4) is 0 Å². The Hall–Kier alpha value is -1.98. The fourth-order valence-corrected chi connectivity index (χ4v) is 6.31. The van der Waals surface area contributed by atoms with Gasteiger partial charge in [0.1, 0.15) is 0 Å². The maximum Gasteiger partial charge on any atom is 0.263 e. The molecule has 8 nitrogen and oxygen atoms in total. The van der Waals surface area contributed by atoms with E-state index in [9.17, 15) is 21.6 Å². The maximum absolute atomic E-state index is 12.4. The molecule has 3 rings (SSSR count). The van der Waals surface area contributed by atoms with Crippen LogP contribution in [0, 0.1) is 6.92 Å². The summed E-state index contributed by atoms with van der Waals surface area (Å²) in [6, 6.07) is 6.05. The number of hydrogen-bond acceptors (Lipinski definition) is 7. The van der Waals surface area contributed by atoms with Crippen molar-refractivity contribution in [1.29, 1.82) is 0 Å². The van der Waals surface area contributed by atoms with Crippen LogP contribution in [0.2, 0.25) is 0 Å². The van der Waals surface area contributed by atoms with E-state index in [1.807, 2.05) is 6.92 Å². The molecule has 0 bridgehead atoms. The lowest BCUT2D eigenvalue weighted by Gasteiger charge is -2.09. The predicted molar refractivity (Wildman–Crippen MR) is 103 cm³/mol. The molecular formula is C16H19N3O5S3. The van der Waals surface area contributed by atoms with Crippen LogP contribution in [-0.2, 0) is 31.1 Å². The van der Waals surface area contributed by atoms with E-state index < -0.39 is 19.9 Å². The van der Waals surface area contributed by atoms with E-state index in [-0.39, 0.29) is 39.9 Å². The second-order valence-corrected chi connectivity index (χ2v) is 11.2. The van der Waals surface area contributed by atoms with Crippen LogP contribution in [0.4, 0.5) is 5.13 Å². The summed E-state index contributed by atoms with van der Waals surface area (Å²) in [6.07, 6.45) is 0.367.